The molecule has 110 valence electrons. The second kappa shape index (κ2) is 7.99. The minimum absolute atomic E-state index is 0.0103. The number of urea groups is 1. The maximum Gasteiger partial charge on any atom is 0.317 e. The molecular weight excluding hydrogens is 246 g/mol. The molecule has 1 saturated heterocycles. The van der Waals surface area contributed by atoms with Crippen LogP contribution < -0.4 is 5.32 Å². The van der Waals surface area contributed by atoms with Gasteiger partial charge in [0.05, 0.1) is 0 Å². The number of amides is 2. The summed E-state index contributed by atoms with van der Waals surface area (Å²) in [6.45, 7) is 5.79. The molecule has 0 aromatic carbocycles. The fourth-order valence-corrected chi connectivity index (χ4v) is 2.20. The van der Waals surface area contributed by atoms with Crippen LogP contribution in [-0.4, -0.2) is 66.7 Å². The van der Waals surface area contributed by atoms with Gasteiger partial charge in [0.1, 0.15) is 0 Å². The lowest BCUT2D eigenvalue weighted by Crippen LogP contribution is -2.43. The van der Waals surface area contributed by atoms with Crippen molar-refractivity contribution in [2.75, 3.05) is 39.8 Å². The number of rotatable bonds is 5. The van der Waals surface area contributed by atoms with Gasteiger partial charge in [0, 0.05) is 32.6 Å². The minimum Gasteiger partial charge on any atom is -0.481 e. The molecule has 1 rings (SSSR count). The second-order valence-corrected chi connectivity index (χ2v) is 5.20. The number of nitrogens with one attached hydrogen (secondary N) is 1. The Morgan fingerprint density at radius 1 is 1.26 bits per heavy atom. The number of nitrogens with zero attached hydrogens (tertiary/aromatic N) is 2. The van der Waals surface area contributed by atoms with Crippen molar-refractivity contribution in [3.63, 3.8) is 0 Å². The number of likely N-dealkylation sites (N-methyl/N-ethyl adjacent to an activating group) is 1. The van der Waals surface area contributed by atoms with Gasteiger partial charge in [0.15, 0.2) is 0 Å². The van der Waals surface area contributed by atoms with E-state index in [1.807, 2.05) is 11.8 Å². The van der Waals surface area contributed by atoms with E-state index in [1.165, 1.54) is 0 Å². The fraction of sp³-hybridized carbons (Fsp3) is 0.846. The van der Waals surface area contributed by atoms with Crippen LogP contribution in [0.25, 0.3) is 0 Å². The van der Waals surface area contributed by atoms with Gasteiger partial charge < -0.3 is 20.2 Å². The lowest BCUT2D eigenvalue weighted by atomic mass is 10.0. The van der Waals surface area contributed by atoms with Crippen molar-refractivity contribution in [3.05, 3.63) is 0 Å². The lowest BCUT2D eigenvalue weighted by molar-refractivity contribution is -0.138. The smallest absolute Gasteiger partial charge is 0.317 e. The summed E-state index contributed by atoms with van der Waals surface area (Å²) in [6, 6.07) is -0.0702. The molecule has 0 aromatic heterocycles. The number of hydrogen-bond acceptors (Lipinski definition) is 3. The molecule has 0 spiro atoms. The first-order valence-corrected chi connectivity index (χ1v) is 6.96. The molecule has 1 unspecified atom stereocenters. The Labute approximate surface area is 114 Å². The molecule has 2 amide bonds. The maximum atomic E-state index is 12.0. The van der Waals surface area contributed by atoms with E-state index in [1.54, 1.807) is 0 Å². The zero-order valence-electron chi connectivity index (χ0n) is 11.9. The monoisotopic (exact) mass is 271 g/mol. The highest BCUT2D eigenvalue weighted by Crippen LogP contribution is 2.07. The molecule has 19 heavy (non-hydrogen) atoms. The standard InChI is InChI=1S/C13H25N3O3/c1-3-11(9-12(17)18)10-14-13(19)16-6-4-5-15(2)7-8-16/h11H,3-10H2,1-2H3,(H,14,19)(H,17,18). The first-order chi connectivity index (χ1) is 9.02. The molecule has 1 aliphatic heterocycles. The van der Waals surface area contributed by atoms with Gasteiger partial charge in [-0.15, -0.1) is 0 Å². The van der Waals surface area contributed by atoms with Crippen molar-refractivity contribution < 1.29 is 14.7 Å². The number of carbonyl (C=O) groups excluding carboxylic acids is 1. The summed E-state index contributed by atoms with van der Waals surface area (Å²) in [7, 11) is 2.06. The van der Waals surface area contributed by atoms with Gasteiger partial charge >= 0.3 is 12.0 Å². The lowest BCUT2D eigenvalue weighted by Gasteiger charge is -2.22. The van der Waals surface area contributed by atoms with Gasteiger partial charge in [-0.3, -0.25) is 4.79 Å². The number of carboxylic acids is 1. The summed E-state index contributed by atoms with van der Waals surface area (Å²) in [4.78, 5) is 26.7. The Morgan fingerprint density at radius 2 is 2.00 bits per heavy atom. The Balaban J connectivity index is 2.34. The van der Waals surface area contributed by atoms with Crippen LogP contribution in [0.1, 0.15) is 26.2 Å². The SMILES string of the molecule is CCC(CNC(=O)N1CCCN(C)CC1)CC(=O)O. The summed E-state index contributed by atoms with van der Waals surface area (Å²) >= 11 is 0. The molecule has 1 aliphatic rings. The molecular formula is C13H25N3O3. The topological polar surface area (TPSA) is 72.9 Å². The van der Waals surface area contributed by atoms with E-state index in [4.69, 9.17) is 5.11 Å². The van der Waals surface area contributed by atoms with Gasteiger partial charge in [-0.1, -0.05) is 13.3 Å². The molecule has 1 fully saturated rings. The quantitative estimate of drug-likeness (QED) is 0.777. The molecule has 0 radical (unpaired) electrons. The van der Waals surface area contributed by atoms with Crippen LogP contribution in [0.2, 0.25) is 0 Å². The number of aliphatic carboxylic acids is 1. The predicted octanol–water partition coefficient (Wildman–Crippen LogP) is 0.834. The van der Waals surface area contributed by atoms with Crippen LogP contribution in [0.3, 0.4) is 0 Å². The summed E-state index contributed by atoms with van der Waals surface area (Å²) < 4.78 is 0. The number of carbonyl (C=O) groups is 2. The highest BCUT2D eigenvalue weighted by Gasteiger charge is 2.18. The third kappa shape index (κ3) is 5.92. The first kappa shape index (κ1) is 15.8. The molecule has 0 saturated carbocycles. The molecule has 2 N–H and O–H groups in total. The van der Waals surface area contributed by atoms with Crippen molar-refractivity contribution in [2.45, 2.75) is 26.2 Å². The first-order valence-electron chi connectivity index (χ1n) is 6.96. The Kier molecular flexibility index (Phi) is 6.62. The van der Waals surface area contributed by atoms with Crippen LogP contribution in [-0.2, 0) is 4.79 Å². The zero-order valence-corrected chi connectivity index (χ0v) is 11.9. The summed E-state index contributed by atoms with van der Waals surface area (Å²) in [5.74, 6) is -0.798. The normalized spacial score (nSPS) is 18.7. The molecule has 0 aromatic rings. The fourth-order valence-electron chi connectivity index (χ4n) is 2.20. The minimum atomic E-state index is -0.808. The summed E-state index contributed by atoms with van der Waals surface area (Å²) in [6.07, 6.45) is 1.85. The molecule has 6 heteroatoms. The predicted molar refractivity (Wildman–Crippen MR) is 73.1 cm³/mol. The van der Waals surface area contributed by atoms with Gasteiger partial charge in [-0.25, -0.2) is 4.79 Å². The summed E-state index contributed by atoms with van der Waals surface area (Å²) in [5.41, 5.74) is 0. The Hall–Kier alpha value is -1.30. The van der Waals surface area contributed by atoms with Crippen molar-refractivity contribution in [1.29, 1.82) is 0 Å². The average Bonchev–Trinajstić information content (AvgIpc) is 2.58. The van der Waals surface area contributed by atoms with Gasteiger partial charge in [-0.2, -0.15) is 0 Å². The van der Waals surface area contributed by atoms with Crippen molar-refractivity contribution in [3.8, 4) is 0 Å². The van der Waals surface area contributed by atoms with Crippen LogP contribution >= 0.6 is 0 Å². The Morgan fingerprint density at radius 3 is 2.63 bits per heavy atom. The van der Waals surface area contributed by atoms with Crippen LogP contribution in [0, 0.1) is 5.92 Å². The largest absolute Gasteiger partial charge is 0.481 e. The number of hydrogen-bond donors (Lipinski definition) is 2. The molecule has 0 aliphatic carbocycles. The molecule has 1 atom stereocenters. The van der Waals surface area contributed by atoms with Crippen molar-refractivity contribution in [1.82, 2.24) is 15.1 Å². The van der Waals surface area contributed by atoms with E-state index in [0.717, 1.165) is 39.0 Å². The van der Waals surface area contributed by atoms with E-state index in [2.05, 4.69) is 17.3 Å². The average molecular weight is 271 g/mol. The van der Waals surface area contributed by atoms with E-state index >= 15 is 0 Å². The molecule has 6 nitrogen and oxygen atoms in total. The Bertz CT molecular complexity index is 310. The highest BCUT2D eigenvalue weighted by atomic mass is 16.4. The van der Waals surface area contributed by atoms with E-state index in [9.17, 15) is 9.59 Å². The van der Waals surface area contributed by atoms with Crippen molar-refractivity contribution >= 4 is 12.0 Å². The third-order valence-electron chi connectivity index (χ3n) is 3.59. The van der Waals surface area contributed by atoms with E-state index in [-0.39, 0.29) is 18.4 Å². The second-order valence-electron chi connectivity index (χ2n) is 5.20. The van der Waals surface area contributed by atoms with Crippen LogP contribution in [0.15, 0.2) is 0 Å². The van der Waals surface area contributed by atoms with Crippen molar-refractivity contribution in [2.24, 2.45) is 5.92 Å². The van der Waals surface area contributed by atoms with Gasteiger partial charge in [0.25, 0.3) is 0 Å². The summed E-state index contributed by atoms with van der Waals surface area (Å²) in [5, 5.41) is 11.6. The van der Waals surface area contributed by atoms with Gasteiger partial charge in [0.2, 0.25) is 0 Å². The molecule has 1 heterocycles. The maximum absolute atomic E-state index is 12.0. The zero-order chi connectivity index (χ0) is 14.3. The van der Waals surface area contributed by atoms with Crippen LogP contribution in [0.4, 0.5) is 4.79 Å². The molecule has 0 bridgehead atoms. The van der Waals surface area contributed by atoms with E-state index < -0.39 is 5.97 Å². The number of carboxylic acid groups (broad SMARTS) is 1. The highest BCUT2D eigenvalue weighted by molar-refractivity contribution is 5.74. The van der Waals surface area contributed by atoms with Gasteiger partial charge in [-0.05, 0) is 25.9 Å². The third-order valence-corrected chi connectivity index (χ3v) is 3.59. The van der Waals surface area contributed by atoms with E-state index in [0.29, 0.717) is 6.54 Å². The van der Waals surface area contributed by atoms with Crippen LogP contribution in [0.5, 0.6) is 0 Å².